The largest absolute Gasteiger partial charge is 0.338 e. The number of anilines is 3. The number of nitrogens with zero attached hydrogens (tertiary/aromatic N) is 3. The third-order valence-corrected chi connectivity index (χ3v) is 2.89. The predicted molar refractivity (Wildman–Crippen MR) is 75.8 cm³/mol. The highest BCUT2D eigenvalue weighted by molar-refractivity contribution is 6.28. The molecule has 1 aromatic carbocycles. The number of halogens is 2. The molecule has 5 nitrogen and oxygen atoms in total. The zero-order valence-corrected chi connectivity index (χ0v) is 11.6. The quantitative estimate of drug-likeness (QED) is 0.884. The number of nitrogens with one attached hydrogen (secondary N) is 1. The summed E-state index contributed by atoms with van der Waals surface area (Å²) >= 11 is 5.61. The lowest BCUT2D eigenvalue weighted by atomic mass is 10.2. The van der Waals surface area contributed by atoms with Gasteiger partial charge in [-0.25, -0.2) is 9.37 Å². The molecule has 0 fully saturated rings. The molecular weight excluding hydrogens is 283 g/mol. The van der Waals surface area contributed by atoms with E-state index in [1.54, 1.807) is 31.3 Å². The summed E-state index contributed by atoms with van der Waals surface area (Å²) in [4.78, 5) is 20.0. The van der Waals surface area contributed by atoms with E-state index in [0.29, 0.717) is 5.69 Å². The average Bonchev–Trinajstić information content (AvgIpc) is 2.43. The molecule has 1 heterocycles. The molecule has 1 N–H and O–H groups in total. The molecule has 20 heavy (non-hydrogen) atoms. The standard InChI is InChI=1S/C13H12ClFN4O/c1-8(20)19(2)10-5-3-9(4-6-10)17-12-11(15)7-16-13(14)18-12/h3-7H,1-2H3,(H,16,17,18). The van der Waals surface area contributed by atoms with Crippen LogP contribution in [0.5, 0.6) is 0 Å². The van der Waals surface area contributed by atoms with Crippen LogP contribution in [0.4, 0.5) is 21.6 Å². The molecule has 0 spiro atoms. The summed E-state index contributed by atoms with van der Waals surface area (Å²) in [5.41, 5.74) is 1.36. The fraction of sp³-hybridized carbons (Fsp3) is 0.154. The van der Waals surface area contributed by atoms with Gasteiger partial charge in [0.1, 0.15) is 0 Å². The summed E-state index contributed by atoms with van der Waals surface area (Å²) in [7, 11) is 1.68. The normalized spacial score (nSPS) is 10.2. The van der Waals surface area contributed by atoms with Gasteiger partial charge in [0, 0.05) is 25.3 Å². The van der Waals surface area contributed by atoms with E-state index in [-0.39, 0.29) is 17.0 Å². The van der Waals surface area contributed by atoms with Crippen molar-refractivity contribution < 1.29 is 9.18 Å². The second-order valence-electron chi connectivity index (χ2n) is 4.09. The Kier molecular flexibility index (Phi) is 4.14. The van der Waals surface area contributed by atoms with Gasteiger partial charge in [0.15, 0.2) is 11.6 Å². The van der Waals surface area contributed by atoms with Crippen molar-refractivity contribution in [2.75, 3.05) is 17.3 Å². The van der Waals surface area contributed by atoms with Crippen molar-refractivity contribution in [2.45, 2.75) is 6.92 Å². The molecule has 0 bridgehead atoms. The molecule has 2 aromatic rings. The zero-order valence-electron chi connectivity index (χ0n) is 10.9. The van der Waals surface area contributed by atoms with Gasteiger partial charge in [0.25, 0.3) is 0 Å². The van der Waals surface area contributed by atoms with Gasteiger partial charge in [0.2, 0.25) is 11.2 Å². The average molecular weight is 295 g/mol. The van der Waals surface area contributed by atoms with Crippen LogP contribution in [-0.4, -0.2) is 22.9 Å². The molecular formula is C13H12ClFN4O. The Hall–Kier alpha value is -2.21. The zero-order chi connectivity index (χ0) is 14.7. The van der Waals surface area contributed by atoms with Crippen LogP contribution in [-0.2, 0) is 4.79 Å². The Morgan fingerprint density at radius 3 is 2.60 bits per heavy atom. The van der Waals surface area contributed by atoms with Gasteiger partial charge < -0.3 is 10.2 Å². The van der Waals surface area contributed by atoms with Crippen molar-refractivity contribution in [1.29, 1.82) is 0 Å². The Bertz CT molecular complexity index is 633. The van der Waals surface area contributed by atoms with E-state index in [1.807, 2.05) is 0 Å². The molecule has 7 heteroatoms. The van der Waals surface area contributed by atoms with Gasteiger partial charge >= 0.3 is 0 Å². The van der Waals surface area contributed by atoms with Crippen LogP contribution >= 0.6 is 11.6 Å². The summed E-state index contributed by atoms with van der Waals surface area (Å²) in [6, 6.07) is 6.91. The van der Waals surface area contributed by atoms with E-state index in [2.05, 4.69) is 15.3 Å². The maximum Gasteiger partial charge on any atom is 0.224 e. The van der Waals surface area contributed by atoms with Crippen molar-refractivity contribution in [3.05, 3.63) is 41.6 Å². The van der Waals surface area contributed by atoms with Gasteiger partial charge in [-0.05, 0) is 35.9 Å². The number of carbonyl (C=O) groups excluding carboxylic acids is 1. The second-order valence-corrected chi connectivity index (χ2v) is 4.42. The fourth-order valence-corrected chi connectivity index (χ4v) is 1.65. The topological polar surface area (TPSA) is 58.1 Å². The van der Waals surface area contributed by atoms with Gasteiger partial charge in [-0.3, -0.25) is 4.79 Å². The molecule has 0 aliphatic carbocycles. The Balaban J connectivity index is 2.19. The highest BCUT2D eigenvalue weighted by atomic mass is 35.5. The first kappa shape index (κ1) is 14.2. The number of rotatable bonds is 3. The van der Waals surface area contributed by atoms with Crippen molar-refractivity contribution in [3.8, 4) is 0 Å². The molecule has 1 amide bonds. The number of hydrogen-bond donors (Lipinski definition) is 1. The monoisotopic (exact) mass is 294 g/mol. The molecule has 0 aliphatic heterocycles. The van der Waals surface area contributed by atoms with E-state index < -0.39 is 5.82 Å². The van der Waals surface area contributed by atoms with Gasteiger partial charge in [-0.1, -0.05) is 0 Å². The smallest absolute Gasteiger partial charge is 0.224 e. The minimum atomic E-state index is -0.598. The maximum absolute atomic E-state index is 13.5. The van der Waals surface area contributed by atoms with E-state index in [9.17, 15) is 9.18 Å². The number of amides is 1. The van der Waals surface area contributed by atoms with Crippen molar-refractivity contribution in [2.24, 2.45) is 0 Å². The Morgan fingerprint density at radius 2 is 2.00 bits per heavy atom. The third-order valence-electron chi connectivity index (χ3n) is 2.70. The lowest BCUT2D eigenvalue weighted by molar-refractivity contribution is -0.116. The van der Waals surface area contributed by atoms with Crippen LogP contribution in [0.15, 0.2) is 30.5 Å². The number of hydrogen-bond acceptors (Lipinski definition) is 4. The summed E-state index contributed by atoms with van der Waals surface area (Å²) < 4.78 is 13.5. The Labute approximate surface area is 120 Å². The minimum absolute atomic E-state index is 0.00216. The van der Waals surface area contributed by atoms with E-state index >= 15 is 0 Å². The Morgan fingerprint density at radius 1 is 1.35 bits per heavy atom. The van der Waals surface area contributed by atoms with Crippen LogP contribution in [0.1, 0.15) is 6.92 Å². The first-order valence-corrected chi connectivity index (χ1v) is 6.14. The van der Waals surface area contributed by atoms with Crippen LogP contribution < -0.4 is 10.2 Å². The number of carbonyl (C=O) groups is 1. The first-order chi connectivity index (χ1) is 9.47. The van der Waals surface area contributed by atoms with Gasteiger partial charge in [0.05, 0.1) is 6.20 Å². The van der Waals surface area contributed by atoms with Gasteiger partial charge in [-0.15, -0.1) is 0 Å². The second kappa shape index (κ2) is 5.83. The minimum Gasteiger partial charge on any atom is -0.338 e. The van der Waals surface area contributed by atoms with Crippen molar-refractivity contribution in [3.63, 3.8) is 0 Å². The van der Waals surface area contributed by atoms with Crippen molar-refractivity contribution in [1.82, 2.24) is 9.97 Å². The molecule has 0 radical (unpaired) electrons. The lowest BCUT2D eigenvalue weighted by Crippen LogP contribution is -2.22. The van der Waals surface area contributed by atoms with Crippen LogP contribution in [0, 0.1) is 5.82 Å². The van der Waals surface area contributed by atoms with Crippen LogP contribution in [0.25, 0.3) is 0 Å². The molecule has 104 valence electrons. The lowest BCUT2D eigenvalue weighted by Gasteiger charge is -2.15. The van der Waals surface area contributed by atoms with Gasteiger partial charge in [-0.2, -0.15) is 4.98 Å². The number of benzene rings is 1. The molecule has 1 aromatic heterocycles. The highest BCUT2D eigenvalue weighted by Gasteiger charge is 2.08. The summed E-state index contributed by atoms with van der Waals surface area (Å²) in [6.45, 7) is 1.48. The summed E-state index contributed by atoms with van der Waals surface area (Å²) in [5.74, 6) is -0.670. The third kappa shape index (κ3) is 3.21. The molecule has 0 saturated heterocycles. The predicted octanol–water partition coefficient (Wildman–Crippen LogP) is 3.00. The molecule has 0 saturated carbocycles. The molecule has 0 aliphatic rings. The first-order valence-electron chi connectivity index (χ1n) is 5.77. The molecule has 0 atom stereocenters. The van der Waals surface area contributed by atoms with Crippen LogP contribution in [0.2, 0.25) is 5.28 Å². The maximum atomic E-state index is 13.5. The molecule has 2 rings (SSSR count). The van der Waals surface area contributed by atoms with Crippen molar-refractivity contribution >= 4 is 34.7 Å². The van der Waals surface area contributed by atoms with E-state index in [4.69, 9.17) is 11.6 Å². The van der Waals surface area contributed by atoms with Crippen LogP contribution in [0.3, 0.4) is 0 Å². The highest BCUT2D eigenvalue weighted by Crippen LogP contribution is 2.21. The number of aromatic nitrogens is 2. The van der Waals surface area contributed by atoms with E-state index in [0.717, 1.165) is 11.9 Å². The molecule has 0 unspecified atom stereocenters. The van der Waals surface area contributed by atoms with E-state index in [1.165, 1.54) is 11.8 Å². The summed E-state index contributed by atoms with van der Waals surface area (Å²) in [5, 5.41) is 2.75. The SMILES string of the molecule is CC(=O)N(C)c1ccc(Nc2nc(Cl)ncc2F)cc1. The summed E-state index contributed by atoms with van der Waals surface area (Å²) in [6.07, 6.45) is 0.996. The fourth-order valence-electron chi connectivity index (χ4n) is 1.52.